The fraction of sp³-hybridized carbons (Fsp3) is 0.700. The van der Waals surface area contributed by atoms with Crippen LogP contribution >= 0.6 is 0 Å². The van der Waals surface area contributed by atoms with E-state index in [4.69, 9.17) is 9.94 Å². The summed E-state index contributed by atoms with van der Waals surface area (Å²) in [6, 6.07) is 0. The summed E-state index contributed by atoms with van der Waals surface area (Å²) in [5, 5.41) is 12.1. The topological polar surface area (TPSA) is 82.4 Å². The van der Waals surface area contributed by atoms with Gasteiger partial charge >= 0.3 is 5.97 Å². The molecule has 0 saturated carbocycles. The molecule has 2 rings (SSSR count). The number of carbonyl (C=O) groups is 2. The monoisotopic (exact) mass is 241 g/mol. The average molecular weight is 241 g/mol. The predicted molar refractivity (Wildman–Crippen MR) is 58.6 cm³/mol. The number of hydrogen-bond acceptors (Lipinski definition) is 5. The van der Waals surface area contributed by atoms with Gasteiger partial charge in [-0.25, -0.2) is 4.79 Å². The minimum absolute atomic E-state index is 0.0561. The van der Waals surface area contributed by atoms with Crippen LogP contribution in [0.1, 0.15) is 6.42 Å². The number of rotatable bonds is 2. The highest BCUT2D eigenvalue weighted by Crippen LogP contribution is 2.14. The van der Waals surface area contributed by atoms with Gasteiger partial charge in [0.1, 0.15) is 0 Å². The molecule has 0 radical (unpaired) electrons. The van der Waals surface area contributed by atoms with Gasteiger partial charge < -0.3 is 19.7 Å². The fourth-order valence-corrected chi connectivity index (χ4v) is 1.87. The van der Waals surface area contributed by atoms with E-state index in [2.05, 4.69) is 10.1 Å². The first-order chi connectivity index (χ1) is 8.08. The molecule has 94 valence electrons. The highest BCUT2D eigenvalue weighted by molar-refractivity contribution is 6.36. The number of carboxylic acids is 1. The second-order valence-electron chi connectivity index (χ2n) is 4.27. The first-order valence-corrected chi connectivity index (χ1v) is 5.51. The van der Waals surface area contributed by atoms with Crippen molar-refractivity contribution in [2.75, 3.05) is 33.2 Å². The van der Waals surface area contributed by atoms with E-state index >= 15 is 0 Å². The first kappa shape index (κ1) is 11.8. The summed E-state index contributed by atoms with van der Waals surface area (Å²) in [7, 11) is 2.00. The van der Waals surface area contributed by atoms with Crippen molar-refractivity contribution in [2.45, 2.75) is 12.5 Å². The molecule has 1 amide bonds. The Morgan fingerprint density at radius 2 is 2.00 bits per heavy atom. The quantitative estimate of drug-likeness (QED) is 0.670. The van der Waals surface area contributed by atoms with Gasteiger partial charge in [-0.05, 0) is 7.05 Å². The van der Waals surface area contributed by atoms with E-state index in [0.717, 1.165) is 13.1 Å². The van der Waals surface area contributed by atoms with Crippen molar-refractivity contribution in [3.05, 3.63) is 0 Å². The smallest absolute Gasteiger partial charge is 0.353 e. The van der Waals surface area contributed by atoms with E-state index in [-0.39, 0.29) is 18.0 Å². The van der Waals surface area contributed by atoms with Gasteiger partial charge in [-0.15, -0.1) is 0 Å². The Bertz CT molecular complexity index is 361. The minimum atomic E-state index is -1.13. The van der Waals surface area contributed by atoms with Crippen LogP contribution in [0.25, 0.3) is 0 Å². The van der Waals surface area contributed by atoms with Crippen molar-refractivity contribution in [2.24, 2.45) is 5.16 Å². The van der Waals surface area contributed by atoms with Crippen molar-refractivity contribution in [1.29, 1.82) is 0 Å². The van der Waals surface area contributed by atoms with Gasteiger partial charge in [0.15, 0.2) is 5.71 Å². The second kappa shape index (κ2) is 4.70. The van der Waals surface area contributed by atoms with E-state index in [9.17, 15) is 9.59 Å². The predicted octanol–water partition coefficient (Wildman–Crippen LogP) is -1.01. The largest absolute Gasteiger partial charge is 0.477 e. The molecule has 7 heteroatoms. The van der Waals surface area contributed by atoms with Gasteiger partial charge in [-0.2, -0.15) is 0 Å². The van der Waals surface area contributed by atoms with Gasteiger partial charge in [0.25, 0.3) is 5.91 Å². The summed E-state index contributed by atoms with van der Waals surface area (Å²) < 4.78 is 0. The van der Waals surface area contributed by atoms with Crippen LogP contribution in [0.4, 0.5) is 0 Å². The van der Waals surface area contributed by atoms with Crippen LogP contribution in [0.5, 0.6) is 0 Å². The molecule has 0 aromatic heterocycles. The summed E-state index contributed by atoms with van der Waals surface area (Å²) in [4.78, 5) is 31.3. The molecule has 0 spiro atoms. The van der Waals surface area contributed by atoms with Crippen LogP contribution in [0.15, 0.2) is 5.16 Å². The molecule has 1 N–H and O–H groups in total. The maximum Gasteiger partial charge on any atom is 0.353 e. The number of nitrogens with zero attached hydrogens (tertiary/aromatic N) is 3. The molecule has 7 nitrogen and oxygen atoms in total. The standard InChI is InChI=1S/C10H15N3O4/c1-12-2-4-13(5-3-12)9(14)8-6-7(10(15)16)11-17-8/h8H,2-6H2,1H3,(H,15,16). The molecule has 0 bridgehead atoms. The number of carbonyl (C=O) groups excluding carboxylic acids is 1. The third kappa shape index (κ3) is 2.55. The zero-order chi connectivity index (χ0) is 12.4. The Morgan fingerprint density at radius 3 is 2.53 bits per heavy atom. The Balaban J connectivity index is 1.88. The molecular formula is C10H15N3O4. The number of hydrogen-bond donors (Lipinski definition) is 1. The third-order valence-electron chi connectivity index (χ3n) is 3.01. The molecule has 1 atom stereocenters. The molecule has 0 aromatic rings. The SMILES string of the molecule is CN1CCN(C(=O)C2CC(C(=O)O)=NO2)CC1. The van der Waals surface area contributed by atoms with E-state index < -0.39 is 12.1 Å². The lowest BCUT2D eigenvalue weighted by molar-refractivity contribution is -0.143. The zero-order valence-electron chi connectivity index (χ0n) is 9.63. The van der Waals surface area contributed by atoms with E-state index in [1.165, 1.54) is 0 Å². The first-order valence-electron chi connectivity index (χ1n) is 5.51. The molecule has 0 aliphatic carbocycles. The van der Waals surface area contributed by atoms with E-state index in [1.54, 1.807) is 4.90 Å². The average Bonchev–Trinajstić information content (AvgIpc) is 2.78. The maximum absolute atomic E-state index is 12.0. The Kier molecular flexibility index (Phi) is 3.28. The lowest BCUT2D eigenvalue weighted by Gasteiger charge is -2.33. The molecule has 1 fully saturated rings. The number of carboxylic acid groups (broad SMARTS) is 1. The van der Waals surface area contributed by atoms with E-state index in [0.29, 0.717) is 13.1 Å². The summed E-state index contributed by atoms with van der Waals surface area (Å²) in [5.74, 6) is -1.29. The summed E-state index contributed by atoms with van der Waals surface area (Å²) in [6.45, 7) is 2.95. The van der Waals surface area contributed by atoms with Gasteiger partial charge in [0.05, 0.1) is 0 Å². The Labute approximate surface area is 98.6 Å². The molecule has 0 aromatic carbocycles. The van der Waals surface area contributed by atoms with Gasteiger partial charge in [0, 0.05) is 32.6 Å². The molecule has 2 aliphatic rings. The third-order valence-corrected chi connectivity index (χ3v) is 3.01. The lowest BCUT2D eigenvalue weighted by atomic mass is 10.1. The summed E-state index contributed by atoms with van der Waals surface area (Å²) in [6.07, 6.45) is -0.704. The van der Waals surface area contributed by atoms with E-state index in [1.807, 2.05) is 7.05 Å². The molecular weight excluding hydrogens is 226 g/mol. The van der Waals surface area contributed by atoms with Gasteiger partial charge in [-0.3, -0.25) is 4.79 Å². The van der Waals surface area contributed by atoms with Crippen molar-refractivity contribution in [3.63, 3.8) is 0 Å². The van der Waals surface area contributed by atoms with Gasteiger partial charge in [0.2, 0.25) is 6.10 Å². The highest BCUT2D eigenvalue weighted by atomic mass is 16.6. The number of likely N-dealkylation sites (N-methyl/N-ethyl adjacent to an activating group) is 1. The number of aliphatic carboxylic acids is 1. The highest BCUT2D eigenvalue weighted by Gasteiger charge is 2.35. The van der Waals surface area contributed by atoms with Crippen LogP contribution in [-0.4, -0.2) is 71.8 Å². The van der Waals surface area contributed by atoms with Crippen LogP contribution in [0.2, 0.25) is 0 Å². The van der Waals surface area contributed by atoms with Crippen molar-refractivity contribution < 1.29 is 19.5 Å². The molecule has 17 heavy (non-hydrogen) atoms. The number of oxime groups is 1. The minimum Gasteiger partial charge on any atom is -0.477 e. The van der Waals surface area contributed by atoms with Crippen LogP contribution < -0.4 is 0 Å². The van der Waals surface area contributed by atoms with Crippen molar-refractivity contribution in [3.8, 4) is 0 Å². The Hall–Kier alpha value is -1.63. The summed E-state index contributed by atoms with van der Waals surface area (Å²) >= 11 is 0. The second-order valence-corrected chi connectivity index (χ2v) is 4.27. The molecule has 1 unspecified atom stereocenters. The summed E-state index contributed by atoms with van der Waals surface area (Å²) in [5.41, 5.74) is -0.0857. The van der Waals surface area contributed by atoms with Crippen LogP contribution in [0, 0.1) is 0 Å². The Morgan fingerprint density at radius 1 is 1.35 bits per heavy atom. The van der Waals surface area contributed by atoms with Crippen molar-refractivity contribution in [1.82, 2.24) is 9.80 Å². The zero-order valence-corrected chi connectivity index (χ0v) is 9.63. The molecule has 2 heterocycles. The van der Waals surface area contributed by atoms with Crippen LogP contribution in [0.3, 0.4) is 0 Å². The lowest BCUT2D eigenvalue weighted by Crippen LogP contribution is -2.50. The molecule has 2 aliphatic heterocycles. The number of amides is 1. The maximum atomic E-state index is 12.0. The van der Waals surface area contributed by atoms with Crippen molar-refractivity contribution >= 4 is 17.6 Å². The normalized spacial score (nSPS) is 25.4. The molecule has 1 saturated heterocycles. The van der Waals surface area contributed by atoms with Gasteiger partial charge in [-0.1, -0.05) is 5.16 Å². The fourth-order valence-electron chi connectivity index (χ4n) is 1.87. The van der Waals surface area contributed by atoms with Crippen LogP contribution in [-0.2, 0) is 14.4 Å². The number of piperazine rings is 1.